The molecule has 0 N–H and O–H groups in total. The summed E-state index contributed by atoms with van der Waals surface area (Å²) in [6, 6.07) is 7.22. The summed E-state index contributed by atoms with van der Waals surface area (Å²) in [5.74, 6) is 4.83. The molecule has 0 amide bonds. The van der Waals surface area contributed by atoms with Gasteiger partial charge in [0, 0.05) is 6.42 Å². The molecule has 0 unspecified atom stereocenters. The van der Waals surface area contributed by atoms with Gasteiger partial charge in [-0.1, -0.05) is 89.3 Å². The van der Waals surface area contributed by atoms with Gasteiger partial charge in [0.25, 0.3) is 0 Å². The first-order valence-electron chi connectivity index (χ1n) is 15.3. The normalized spacial score (nSPS) is 37.8. The van der Waals surface area contributed by atoms with Crippen LogP contribution in [0.4, 0.5) is 0 Å². The third-order valence-electron chi connectivity index (χ3n) is 11.6. The van der Waals surface area contributed by atoms with E-state index in [9.17, 15) is 4.79 Å². The average Bonchev–Trinajstić information content (AvgIpc) is 3.21. The summed E-state index contributed by atoms with van der Waals surface area (Å²) in [4.78, 5) is 12.8. The highest BCUT2D eigenvalue weighted by atomic mass is 35.5. The minimum absolute atomic E-state index is 0.0314. The lowest BCUT2D eigenvalue weighted by atomic mass is 9.47. The van der Waals surface area contributed by atoms with Gasteiger partial charge in [0.1, 0.15) is 6.10 Å². The lowest BCUT2D eigenvalue weighted by Crippen LogP contribution is -2.51. The second-order valence-electron chi connectivity index (χ2n) is 14.0. The Morgan fingerprint density at radius 3 is 2.57 bits per heavy atom. The number of carbonyl (C=O) groups is 1. The maximum Gasteiger partial charge on any atom is 0.339 e. The molecular weight excluding hydrogens is 476 g/mol. The number of carbonyl (C=O) groups excluding carboxylic acids is 1. The molecule has 8 atom stereocenters. The smallest absolute Gasteiger partial charge is 0.339 e. The number of hydrogen-bond acceptors (Lipinski definition) is 2. The first-order valence-corrected chi connectivity index (χ1v) is 15.7. The van der Waals surface area contributed by atoms with Crippen LogP contribution < -0.4 is 0 Å². The van der Waals surface area contributed by atoms with Crippen molar-refractivity contribution in [3.05, 3.63) is 46.5 Å². The molecular formula is C34H49ClO2. The van der Waals surface area contributed by atoms with Gasteiger partial charge in [-0.2, -0.15) is 0 Å². The molecule has 0 heterocycles. The van der Waals surface area contributed by atoms with Crippen molar-refractivity contribution in [1.82, 2.24) is 0 Å². The summed E-state index contributed by atoms with van der Waals surface area (Å²) in [5.41, 5.74) is 2.86. The topological polar surface area (TPSA) is 26.3 Å². The van der Waals surface area contributed by atoms with Gasteiger partial charge in [0.15, 0.2) is 0 Å². The van der Waals surface area contributed by atoms with Crippen LogP contribution in [0.5, 0.6) is 0 Å². The molecule has 37 heavy (non-hydrogen) atoms. The number of halogens is 1. The average molecular weight is 525 g/mol. The van der Waals surface area contributed by atoms with Gasteiger partial charge < -0.3 is 4.74 Å². The molecule has 0 spiro atoms. The highest BCUT2D eigenvalue weighted by Crippen LogP contribution is 2.67. The van der Waals surface area contributed by atoms with Gasteiger partial charge in [-0.15, -0.1) is 0 Å². The van der Waals surface area contributed by atoms with Crippen LogP contribution in [0.15, 0.2) is 35.9 Å². The maximum atomic E-state index is 12.8. The zero-order chi connectivity index (χ0) is 26.4. The van der Waals surface area contributed by atoms with Gasteiger partial charge >= 0.3 is 5.97 Å². The number of esters is 1. The molecule has 3 saturated carbocycles. The maximum absolute atomic E-state index is 12.8. The van der Waals surface area contributed by atoms with Gasteiger partial charge in [0.2, 0.25) is 0 Å². The Balaban J connectivity index is 1.26. The van der Waals surface area contributed by atoms with Crippen LogP contribution in [0.2, 0.25) is 5.02 Å². The second-order valence-corrected chi connectivity index (χ2v) is 14.4. The molecule has 2 nitrogen and oxygen atoms in total. The van der Waals surface area contributed by atoms with Crippen LogP contribution in [0.3, 0.4) is 0 Å². The monoisotopic (exact) mass is 524 g/mol. The van der Waals surface area contributed by atoms with Gasteiger partial charge in [-0.05, 0) is 103 Å². The molecule has 1 aromatic rings. The molecule has 3 heteroatoms. The van der Waals surface area contributed by atoms with Crippen molar-refractivity contribution in [3.8, 4) is 0 Å². The summed E-state index contributed by atoms with van der Waals surface area (Å²) in [6.07, 6.45) is 16.6. The lowest BCUT2D eigenvalue weighted by molar-refractivity contribution is -0.0594. The zero-order valence-corrected chi connectivity index (χ0v) is 24.7. The van der Waals surface area contributed by atoms with Crippen molar-refractivity contribution in [2.24, 2.45) is 46.3 Å². The Morgan fingerprint density at radius 1 is 1.03 bits per heavy atom. The van der Waals surface area contributed by atoms with Crippen molar-refractivity contribution >= 4 is 17.6 Å². The lowest BCUT2D eigenvalue weighted by Gasteiger charge is -2.58. The molecule has 0 saturated heterocycles. The van der Waals surface area contributed by atoms with E-state index >= 15 is 0 Å². The number of hydrogen-bond donors (Lipinski definition) is 0. The highest BCUT2D eigenvalue weighted by molar-refractivity contribution is 6.33. The molecule has 1 aromatic carbocycles. The molecule has 4 aliphatic carbocycles. The standard InChI is InChI=1S/C34H49ClO2/c1-22(2)9-8-10-23(3)28-15-16-29-26-14-13-24-21-25(37-32(36)27-11-6-7-12-31(27)35)17-19-33(24,4)30(26)18-20-34(28,29)5/h6-7,11-13,22-23,25-26,28-30H,8-10,14-21H2,1-5H3/t23-,25+,26-,28+,29-,30-,33+,34-/m1/s1. The fourth-order valence-electron chi connectivity index (χ4n) is 9.59. The predicted octanol–water partition coefficient (Wildman–Crippen LogP) is 9.91. The Hall–Kier alpha value is -1.28. The molecule has 5 rings (SSSR count). The van der Waals surface area contributed by atoms with E-state index in [2.05, 4.69) is 40.7 Å². The second kappa shape index (κ2) is 10.7. The number of benzene rings is 1. The van der Waals surface area contributed by atoms with Crippen LogP contribution in [0, 0.1) is 46.3 Å². The number of rotatable bonds is 7. The Morgan fingerprint density at radius 2 is 1.81 bits per heavy atom. The van der Waals surface area contributed by atoms with E-state index in [1.54, 1.807) is 17.7 Å². The Labute approximate surface area is 231 Å². The summed E-state index contributed by atoms with van der Waals surface area (Å²) < 4.78 is 6.00. The number of allylic oxidation sites excluding steroid dienone is 1. The summed E-state index contributed by atoms with van der Waals surface area (Å²) in [7, 11) is 0. The van der Waals surface area contributed by atoms with Crippen molar-refractivity contribution < 1.29 is 9.53 Å². The molecule has 204 valence electrons. The molecule has 0 bridgehead atoms. The van der Waals surface area contributed by atoms with Crippen LogP contribution in [-0.2, 0) is 4.74 Å². The molecule has 0 radical (unpaired) electrons. The first kappa shape index (κ1) is 27.3. The van der Waals surface area contributed by atoms with Crippen LogP contribution in [-0.4, -0.2) is 12.1 Å². The van der Waals surface area contributed by atoms with E-state index in [0.29, 0.717) is 16.0 Å². The largest absolute Gasteiger partial charge is 0.458 e. The Bertz CT molecular complexity index is 1010. The minimum atomic E-state index is -0.276. The van der Waals surface area contributed by atoms with E-state index in [4.69, 9.17) is 16.3 Å². The van der Waals surface area contributed by atoms with Crippen LogP contribution >= 0.6 is 11.6 Å². The van der Waals surface area contributed by atoms with E-state index in [1.165, 1.54) is 51.4 Å². The third kappa shape index (κ3) is 5.06. The molecule has 0 aromatic heterocycles. The zero-order valence-electron chi connectivity index (χ0n) is 23.9. The van der Waals surface area contributed by atoms with Crippen LogP contribution in [0.25, 0.3) is 0 Å². The van der Waals surface area contributed by atoms with Gasteiger partial charge in [-0.25, -0.2) is 4.79 Å². The number of fused-ring (bicyclic) bond motifs is 5. The van der Waals surface area contributed by atoms with Crippen molar-refractivity contribution in [2.45, 2.75) is 111 Å². The van der Waals surface area contributed by atoms with Crippen molar-refractivity contribution in [2.75, 3.05) is 0 Å². The van der Waals surface area contributed by atoms with Crippen LogP contribution in [0.1, 0.15) is 116 Å². The van der Waals surface area contributed by atoms with E-state index in [-0.39, 0.29) is 17.5 Å². The number of ether oxygens (including phenoxy) is 1. The fourth-order valence-corrected chi connectivity index (χ4v) is 9.81. The Kier molecular flexibility index (Phi) is 7.90. The predicted molar refractivity (Wildman–Crippen MR) is 154 cm³/mol. The van der Waals surface area contributed by atoms with Crippen molar-refractivity contribution in [1.29, 1.82) is 0 Å². The van der Waals surface area contributed by atoms with E-state index in [0.717, 1.165) is 54.8 Å². The van der Waals surface area contributed by atoms with Gasteiger partial charge in [-0.3, -0.25) is 0 Å². The molecule has 0 aliphatic heterocycles. The third-order valence-corrected chi connectivity index (χ3v) is 12.0. The first-order chi connectivity index (χ1) is 17.6. The molecule has 4 aliphatic rings. The SMILES string of the molecule is CC(C)CCC[C@@H](C)[C@@H]1CC[C@@H]2[C@H]3CC=C4C[C@@H](OC(=O)c5ccccc5Cl)CC[C@]4(C)[C@@H]3CC[C@@]21C. The summed E-state index contributed by atoms with van der Waals surface area (Å²) in [6.45, 7) is 12.5. The molecule has 3 fully saturated rings. The fraction of sp³-hybridized carbons (Fsp3) is 0.735. The van der Waals surface area contributed by atoms with Crippen molar-refractivity contribution in [3.63, 3.8) is 0 Å². The van der Waals surface area contributed by atoms with E-state index < -0.39 is 0 Å². The van der Waals surface area contributed by atoms with Gasteiger partial charge in [0.05, 0.1) is 10.6 Å². The quantitative estimate of drug-likeness (QED) is 0.262. The highest BCUT2D eigenvalue weighted by Gasteiger charge is 2.59. The summed E-state index contributed by atoms with van der Waals surface area (Å²) >= 11 is 6.26. The minimum Gasteiger partial charge on any atom is -0.458 e. The van der Waals surface area contributed by atoms with E-state index in [1.807, 2.05) is 12.1 Å². The summed E-state index contributed by atoms with van der Waals surface area (Å²) in [5, 5.41) is 0.474.